The first-order chi connectivity index (χ1) is 8.29. The third-order valence-corrected chi connectivity index (χ3v) is 3.04. The molecule has 0 aromatic carbocycles. The lowest BCUT2D eigenvalue weighted by atomic mass is 10.4. The smallest absolute Gasteiger partial charge is 0.225 e. The molecular formula is C12H15N3OS. The Morgan fingerprint density at radius 3 is 3.06 bits per heavy atom. The Bertz CT molecular complexity index is 471. The fraction of sp³-hybridized carbons (Fsp3) is 0.333. The summed E-state index contributed by atoms with van der Waals surface area (Å²) in [5, 5.41) is 5.11. The highest BCUT2D eigenvalue weighted by Crippen LogP contribution is 2.18. The molecule has 4 nitrogen and oxygen atoms in total. The van der Waals surface area contributed by atoms with Gasteiger partial charge in [0.15, 0.2) is 0 Å². The van der Waals surface area contributed by atoms with Gasteiger partial charge in [0.2, 0.25) is 11.8 Å². The summed E-state index contributed by atoms with van der Waals surface area (Å²) in [5.41, 5.74) is 0.947. The zero-order chi connectivity index (χ0) is 12.1. The maximum Gasteiger partial charge on any atom is 0.225 e. The normalized spacial score (nSPS) is 10.2. The molecule has 2 rings (SSSR count). The number of aromatic nitrogens is 2. The number of nitrogens with zero attached hydrogens (tertiary/aromatic N) is 2. The SMILES string of the molecule is CCNc1ncc(C)c(OCc2cccs2)n1. The first-order valence-electron chi connectivity index (χ1n) is 5.52. The summed E-state index contributed by atoms with van der Waals surface area (Å²) in [6.45, 7) is 5.31. The lowest BCUT2D eigenvalue weighted by Crippen LogP contribution is -2.05. The topological polar surface area (TPSA) is 47.0 Å². The zero-order valence-electron chi connectivity index (χ0n) is 9.93. The molecule has 90 valence electrons. The first-order valence-corrected chi connectivity index (χ1v) is 6.40. The Labute approximate surface area is 105 Å². The Morgan fingerprint density at radius 1 is 1.47 bits per heavy atom. The molecule has 1 N–H and O–H groups in total. The number of hydrogen-bond donors (Lipinski definition) is 1. The van der Waals surface area contributed by atoms with Crippen LogP contribution < -0.4 is 10.1 Å². The summed E-state index contributed by atoms with van der Waals surface area (Å²) in [7, 11) is 0. The highest BCUT2D eigenvalue weighted by molar-refractivity contribution is 7.09. The van der Waals surface area contributed by atoms with E-state index in [1.807, 2.05) is 31.4 Å². The molecule has 0 atom stereocenters. The predicted octanol–water partition coefficient (Wildman–Crippen LogP) is 2.86. The third-order valence-electron chi connectivity index (χ3n) is 2.19. The lowest BCUT2D eigenvalue weighted by Gasteiger charge is -2.08. The molecule has 2 aromatic rings. The zero-order valence-corrected chi connectivity index (χ0v) is 10.8. The van der Waals surface area contributed by atoms with Crippen LogP contribution >= 0.6 is 11.3 Å². The van der Waals surface area contributed by atoms with Crippen LogP contribution in [0.3, 0.4) is 0 Å². The van der Waals surface area contributed by atoms with Gasteiger partial charge in [-0.15, -0.1) is 11.3 Å². The molecule has 0 aliphatic carbocycles. The van der Waals surface area contributed by atoms with E-state index >= 15 is 0 Å². The van der Waals surface area contributed by atoms with Crippen molar-refractivity contribution in [2.24, 2.45) is 0 Å². The second kappa shape index (κ2) is 5.63. The van der Waals surface area contributed by atoms with Crippen LogP contribution in [0.5, 0.6) is 5.88 Å². The maximum atomic E-state index is 5.69. The minimum atomic E-state index is 0.557. The summed E-state index contributed by atoms with van der Waals surface area (Å²) in [5.74, 6) is 1.25. The number of hydrogen-bond acceptors (Lipinski definition) is 5. The van der Waals surface area contributed by atoms with Gasteiger partial charge in [0.05, 0.1) is 0 Å². The van der Waals surface area contributed by atoms with Gasteiger partial charge >= 0.3 is 0 Å². The van der Waals surface area contributed by atoms with E-state index in [0.717, 1.165) is 12.1 Å². The fourth-order valence-electron chi connectivity index (χ4n) is 1.35. The van der Waals surface area contributed by atoms with Crippen molar-refractivity contribution in [1.82, 2.24) is 9.97 Å². The monoisotopic (exact) mass is 249 g/mol. The molecule has 0 spiro atoms. The summed E-state index contributed by atoms with van der Waals surface area (Å²) in [6.07, 6.45) is 1.77. The van der Waals surface area contributed by atoms with Crippen LogP contribution in [-0.4, -0.2) is 16.5 Å². The van der Waals surface area contributed by atoms with E-state index in [9.17, 15) is 0 Å². The van der Waals surface area contributed by atoms with Crippen LogP contribution in [-0.2, 0) is 6.61 Å². The molecule has 0 aliphatic heterocycles. The van der Waals surface area contributed by atoms with Gasteiger partial charge in [0, 0.05) is 23.2 Å². The highest BCUT2D eigenvalue weighted by Gasteiger charge is 2.05. The van der Waals surface area contributed by atoms with Gasteiger partial charge in [-0.2, -0.15) is 4.98 Å². The second-order valence-corrected chi connectivity index (χ2v) is 4.61. The quantitative estimate of drug-likeness (QED) is 0.885. The molecule has 17 heavy (non-hydrogen) atoms. The van der Waals surface area contributed by atoms with Crippen molar-refractivity contribution in [2.75, 3.05) is 11.9 Å². The van der Waals surface area contributed by atoms with E-state index in [4.69, 9.17) is 4.74 Å². The maximum absolute atomic E-state index is 5.69. The molecule has 0 fully saturated rings. The Balaban J connectivity index is 2.06. The summed E-state index contributed by atoms with van der Waals surface area (Å²) in [4.78, 5) is 9.68. The fourth-order valence-corrected chi connectivity index (χ4v) is 1.97. The van der Waals surface area contributed by atoms with E-state index in [0.29, 0.717) is 18.4 Å². The van der Waals surface area contributed by atoms with Gasteiger partial charge in [0.1, 0.15) is 6.61 Å². The molecular weight excluding hydrogens is 234 g/mol. The largest absolute Gasteiger partial charge is 0.472 e. The summed E-state index contributed by atoms with van der Waals surface area (Å²) >= 11 is 1.68. The molecule has 0 amide bonds. The average molecular weight is 249 g/mol. The molecule has 5 heteroatoms. The average Bonchev–Trinajstić information content (AvgIpc) is 2.83. The molecule has 0 radical (unpaired) electrons. The van der Waals surface area contributed by atoms with Crippen LogP contribution in [0.15, 0.2) is 23.7 Å². The van der Waals surface area contributed by atoms with Crippen LogP contribution in [0.25, 0.3) is 0 Å². The van der Waals surface area contributed by atoms with E-state index < -0.39 is 0 Å². The Kier molecular flexibility index (Phi) is 3.93. The van der Waals surface area contributed by atoms with Crippen LogP contribution in [0.2, 0.25) is 0 Å². The molecule has 0 aliphatic rings. The van der Waals surface area contributed by atoms with Crippen molar-refractivity contribution in [2.45, 2.75) is 20.5 Å². The minimum Gasteiger partial charge on any atom is -0.472 e. The van der Waals surface area contributed by atoms with Crippen LogP contribution in [0.4, 0.5) is 5.95 Å². The van der Waals surface area contributed by atoms with Crippen molar-refractivity contribution in [3.63, 3.8) is 0 Å². The number of aryl methyl sites for hydroxylation is 1. The number of ether oxygens (including phenoxy) is 1. The number of nitrogens with one attached hydrogen (secondary N) is 1. The molecule has 2 heterocycles. The van der Waals surface area contributed by atoms with E-state index in [-0.39, 0.29) is 0 Å². The first kappa shape index (κ1) is 11.9. The molecule has 2 aromatic heterocycles. The Hall–Kier alpha value is -1.62. The van der Waals surface area contributed by atoms with Gasteiger partial charge in [-0.1, -0.05) is 6.07 Å². The number of rotatable bonds is 5. The van der Waals surface area contributed by atoms with Crippen molar-refractivity contribution >= 4 is 17.3 Å². The van der Waals surface area contributed by atoms with Gasteiger partial charge in [-0.3, -0.25) is 0 Å². The van der Waals surface area contributed by atoms with Gasteiger partial charge in [-0.25, -0.2) is 4.98 Å². The van der Waals surface area contributed by atoms with Crippen molar-refractivity contribution < 1.29 is 4.74 Å². The predicted molar refractivity (Wildman–Crippen MR) is 69.6 cm³/mol. The van der Waals surface area contributed by atoms with E-state index in [1.54, 1.807) is 17.5 Å². The van der Waals surface area contributed by atoms with Crippen LogP contribution in [0.1, 0.15) is 17.4 Å². The number of anilines is 1. The summed E-state index contributed by atoms with van der Waals surface area (Å²) < 4.78 is 5.69. The molecule has 0 saturated heterocycles. The summed E-state index contributed by atoms with van der Waals surface area (Å²) in [6, 6.07) is 4.06. The molecule has 0 bridgehead atoms. The van der Waals surface area contributed by atoms with Gasteiger partial charge in [0.25, 0.3) is 0 Å². The number of thiophene rings is 1. The van der Waals surface area contributed by atoms with Crippen molar-refractivity contribution in [3.05, 3.63) is 34.2 Å². The van der Waals surface area contributed by atoms with E-state index in [2.05, 4.69) is 15.3 Å². The third kappa shape index (κ3) is 3.17. The lowest BCUT2D eigenvalue weighted by molar-refractivity contribution is 0.295. The molecule has 0 saturated carbocycles. The van der Waals surface area contributed by atoms with Gasteiger partial charge < -0.3 is 10.1 Å². The standard InChI is InChI=1S/C12H15N3OS/c1-3-13-12-14-7-9(2)11(15-12)16-8-10-5-4-6-17-10/h4-7H,3,8H2,1-2H3,(H,13,14,15). The van der Waals surface area contributed by atoms with Crippen LogP contribution in [0, 0.1) is 6.92 Å². The van der Waals surface area contributed by atoms with Gasteiger partial charge in [-0.05, 0) is 25.3 Å². The second-order valence-electron chi connectivity index (χ2n) is 3.58. The van der Waals surface area contributed by atoms with E-state index in [1.165, 1.54) is 4.88 Å². The van der Waals surface area contributed by atoms with Crippen molar-refractivity contribution in [1.29, 1.82) is 0 Å². The van der Waals surface area contributed by atoms with Crippen molar-refractivity contribution in [3.8, 4) is 5.88 Å². The minimum absolute atomic E-state index is 0.557. The Morgan fingerprint density at radius 2 is 2.35 bits per heavy atom. The highest BCUT2D eigenvalue weighted by atomic mass is 32.1. The molecule has 0 unspecified atom stereocenters.